The van der Waals surface area contributed by atoms with E-state index in [1.54, 1.807) is 0 Å². The Morgan fingerprint density at radius 2 is 1.80 bits per heavy atom. The van der Waals surface area contributed by atoms with Gasteiger partial charge >= 0.3 is 17.9 Å². The number of carbonyl (C=O) groups excluding carboxylic acids is 1. The number of aliphatic hydroxyl groups is 1. The highest BCUT2D eigenvalue weighted by atomic mass is 16.4. The Morgan fingerprint density at radius 1 is 1.17 bits per heavy atom. The first-order valence-electron chi connectivity index (χ1n) is 9.77. The predicted octanol–water partition coefficient (Wildman–Crippen LogP) is -1.73. The van der Waals surface area contributed by atoms with Crippen LogP contribution in [0.2, 0.25) is 0 Å². The molecule has 2 heterocycles. The van der Waals surface area contributed by atoms with Crippen molar-refractivity contribution in [1.29, 1.82) is 0 Å². The van der Waals surface area contributed by atoms with Crippen LogP contribution in [0.5, 0.6) is 0 Å². The number of hydrogen-bond donors (Lipinski definition) is 7. The van der Waals surface area contributed by atoms with Gasteiger partial charge in [0.2, 0.25) is 5.91 Å². The first-order valence-corrected chi connectivity index (χ1v) is 9.77. The van der Waals surface area contributed by atoms with E-state index in [0.29, 0.717) is 32.4 Å². The van der Waals surface area contributed by atoms with Gasteiger partial charge in [-0.05, 0) is 52.2 Å². The van der Waals surface area contributed by atoms with Crippen molar-refractivity contribution in [1.82, 2.24) is 15.5 Å². The summed E-state index contributed by atoms with van der Waals surface area (Å²) in [6.07, 6.45) is 2.64. The molecule has 4 atom stereocenters. The van der Waals surface area contributed by atoms with Gasteiger partial charge in [0.05, 0.1) is 6.10 Å². The summed E-state index contributed by atoms with van der Waals surface area (Å²) in [5.41, 5.74) is 5.22. The third-order valence-electron chi connectivity index (χ3n) is 4.64. The fraction of sp³-hybridized carbons (Fsp3) is 0.778. The standard InChI is InChI=1S/C7H14N2O3.C6H11NO2.C5H9NO3/c1-5(10)9-4-2-3-6(8)7(11)12;1-7-4-2-3-5(7)6(8)9;7-3-1-2-6-4(3)5(8)9/h6H,2-4,8H2,1H3,(H,9,10)(H,11,12);5H,2-4H2,1H3,(H,8,9);3-4,6-7H,1-2H2,(H,8,9)/t6-;5-;3?,4-/m000/s1. The second kappa shape index (κ2) is 14.7. The molecule has 0 aliphatic carbocycles. The molecule has 0 spiro atoms. The molecule has 30 heavy (non-hydrogen) atoms. The van der Waals surface area contributed by atoms with Gasteiger partial charge in [-0.3, -0.25) is 24.1 Å². The molecule has 2 saturated heterocycles. The minimum absolute atomic E-state index is 0.112. The van der Waals surface area contributed by atoms with E-state index in [-0.39, 0.29) is 11.9 Å². The summed E-state index contributed by atoms with van der Waals surface area (Å²) in [6.45, 7) is 3.42. The molecule has 0 aromatic rings. The van der Waals surface area contributed by atoms with Crippen LogP contribution in [-0.4, -0.2) is 100 Å². The third-order valence-corrected chi connectivity index (χ3v) is 4.64. The second-order valence-electron chi connectivity index (χ2n) is 7.17. The Kier molecular flexibility index (Phi) is 13.5. The number of nitrogens with zero attached hydrogens (tertiary/aromatic N) is 1. The van der Waals surface area contributed by atoms with Gasteiger partial charge in [-0.2, -0.15) is 0 Å². The number of nitrogens with one attached hydrogen (secondary N) is 2. The minimum Gasteiger partial charge on any atom is -0.480 e. The maximum Gasteiger partial charge on any atom is 0.323 e. The minimum atomic E-state index is -1.00. The number of aliphatic hydroxyl groups excluding tert-OH is 1. The maximum atomic E-state index is 10.4. The van der Waals surface area contributed by atoms with Crippen LogP contribution in [-0.2, 0) is 19.2 Å². The molecule has 2 fully saturated rings. The SMILES string of the molecule is CC(=O)NCCC[C@H](N)C(=O)O.CN1CCC[C@H]1C(=O)O.O=C(O)[C@H]1NCCC1O. The van der Waals surface area contributed by atoms with Crippen LogP contribution in [0.1, 0.15) is 39.0 Å². The number of nitrogens with two attached hydrogens (primary N) is 1. The largest absolute Gasteiger partial charge is 0.480 e. The van der Waals surface area contributed by atoms with Crippen LogP contribution in [0.25, 0.3) is 0 Å². The van der Waals surface area contributed by atoms with Crippen molar-refractivity contribution in [2.75, 3.05) is 26.7 Å². The normalized spacial score (nSPS) is 23.9. The maximum absolute atomic E-state index is 10.4. The number of carboxylic acid groups (broad SMARTS) is 3. The van der Waals surface area contributed by atoms with E-state index in [1.165, 1.54) is 6.92 Å². The monoisotopic (exact) mass is 434 g/mol. The Morgan fingerprint density at radius 3 is 2.10 bits per heavy atom. The van der Waals surface area contributed by atoms with E-state index in [0.717, 1.165) is 19.4 Å². The fourth-order valence-corrected chi connectivity index (χ4v) is 2.87. The quantitative estimate of drug-likeness (QED) is 0.224. The molecule has 0 bridgehead atoms. The van der Waals surface area contributed by atoms with Crippen molar-refractivity contribution >= 4 is 23.8 Å². The van der Waals surface area contributed by atoms with Crippen LogP contribution >= 0.6 is 0 Å². The van der Waals surface area contributed by atoms with Crippen molar-refractivity contribution in [2.24, 2.45) is 5.73 Å². The fourth-order valence-electron chi connectivity index (χ4n) is 2.87. The number of carbonyl (C=O) groups is 4. The lowest BCUT2D eigenvalue weighted by Crippen LogP contribution is -2.38. The number of amides is 1. The van der Waals surface area contributed by atoms with Gasteiger partial charge in [0.1, 0.15) is 18.1 Å². The van der Waals surface area contributed by atoms with Gasteiger partial charge in [-0.1, -0.05) is 0 Å². The first kappa shape index (κ1) is 27.7. The van der Waals surface area contributed by atoms with Crippen molar-refractivity contribution < 1.29 is 39.6 Å². The topological polar surface area (TPSA) is 203 Å². The average Bonchev–Trinajstić information content (AvgIpc) is 3.27. The molecule has 0 radical (unpaired) electrons. The summed E-state index contributed by atoms with van der Waals surface area (Å²) in [5, 5.41) is 39.4. The zero-order valence-corrected chi connectivity index (χ0v) is 17.4. The molecule has 0 aromatic heterocycles. The molecule has 1 amide bonds. The zero-order chi connectivity index (χ0) is 23.3. The Hall–Kier alpha value is -2.28. The number of likely N-dealkylation sites (tertiary alicyclic amines) is 1. The molecule has 12 heteroatoms. The summed E-state index contributed by atoms with van der Waals surface area (Å²) in [5.74, 6) is -2.77. The molecule has 8 N–H and O–H groups in total. The number of carboxylic acids is 3. The van der Waals surface area contributed by atoms with E-state index in [1.807, 2.05) is 11.9 Å². The Balaban J connectivity index is 0.000000426. The highest BCUT2D eigenvalue weighted by Crippen LogP contribution is 2.13. The average molecular weight is 434 g/mol. The van der Waals surface area contributed by atoms with Crippen LogP contribution in [0.15, 0.2) is 0 Å². The van der Waals surface area contributed by atoms with Crippen LogP contribution in [0, 0.1) is 0 Å². The van der Waals surface area contributed by atoms with Gasteiger partial charge in [0.15, 0.2) is 0 Å². The lowest BCUT2D eigenvalue weighted by molar-refractivity contribution is -0.142. The van der Waals surface area contributed by atoms with Crippen molar-refractivity contribution in [3.8, 4) is 0 Å². The van der Waals surface area contributed by atoms with Crippen LogP contribution in [0.4, 0.5) is 0 Å². The number of aliphatic carboxylic acids is 3. The smallest absolute Gasteiger partial charge is 0.323 e. The van der Waals surface area contributed by atoms with Crippen molar-refractivity contribution in [3.63, 3.8) is 0 Å². The van der Waals surface area contributed by atoms with E-state index in [9.17, 15) is 19.2 Å². The predicted molar refractivity (Wildman–Crippen MR) is 107 cm³/mol. The van der Waals surface area contributed by atoms with Crippen molar-refractivity contribution in [3.05, 3.63) is 0 Å². The molecule has 2 rings (SSSR count). The lowest BCUT2D eigenvalue weighted by atomic mass is 10.2. The number of likely N-dealkylation sites (N-methyl/N-ethyl adjacent to an activating group) is 1. The zero-order valence-electron chi connectivity index (χ0n) is 17.4. The molecule has 174 valence electrons. The molecule has 1 unspecified atom stereocenters. The molecule has 2 aliphatic heterocycles. The van der Waals surface area contributed by atoms with Gasteiger partial charge < -0.3 is 36.8 Å². The summed E-state index contributed by atoms with van der Waals surface area (Å²) in [4.78, 5) is 43.0. The molecule has 0 saturated carbocycles. The van der Waals surface area contributed by atoms with E-state index < -0.39 is 36.1 Å². The first-order chi connectivity index (χ1) is 14.0. The van der Waals surface area contributed by atoms with Crippen LogP contribution < -0.4 is 16.4 Å². The van der Waals surface area contributed by atoms with Gasteiger partial charge in [0.25, 0.3) is 0 Å². The summed E-state index contributed by atoms with van der Waals surface area (Å²) < 4.78 is 0. The summed E-state index contributed by atoms with van der Waals surface area (Å²) in [6, 6.07) is -1.78. The summed E-state index contributed by atoms with van der Waals surface area (Å²) >= 11 is 0. The van der Waals surface area contributed by atoms with E-state index in [2.05, 4.69) is 10.6 Å². The Labute approximate surface area is 175 Å². The highest BCUT2D eigenvalue weighted by Gasteiger charge is 2.30. The molecular weight excluding hydrogens is 400 g/mol. The van der Waals surface area contributed by atoms with Gasteiger partial charge in [-0.25, -0.2) is 0 Å². The third kappa shape index (κ3) is 11.7. The summed E-state index contributed by atoms with van der Waals surface area (Å²) in [7, 11) is 1.85. The molecule has 12 nitrogen and oxygen atoms in total. The second-order valence-corrected chi connectivity index (χ2v) is 7.17. The van der Waals surface area contributed by atoms with Gasteiger partial charge in [-0.15, -0.1) is 0 Å². The van der Waals surface area contributed by atoms with Crippen molar-refractivity contribution in [2.45, 2.75) is 63.3 Å². The molecule has 0 aromatic carbocycles. The number of hydrogen-bond acceptors (Lipinski definition) is 8. The highest BCUT2D eigenvalue weighted by molar-refractivity contribution is 5.75. The number of rotatable bonds is 7. The lowest BCUT2D eigenvalue weighted by Gasteiger charge is -2.13. The van der Waals surface area contributed by atoms with E-state index >= 15 is 0 Å². The molecule has 2 aliphatic rings. The Bertz CT molecular complexity index is 544. The molecular formula is C18H34N4O8. The van der Waals surface area contributed by atoms with Gasteiger partial charge in [0, 0.05) is 13.5 Å². The van der Waals surface area contributed by atoms with E-state index in [4.69, 9.17) is 26.2 Å². The van der Waals surface area contributed by atoms with Crippen LogP contribution in [0.3, 0.4) is 0 Å².